The molecule has 0 N–H and O–H groups in total. The fourth-order valence-corrected chi connectivity index (χ4v) is 5.20. The molecule has 0 aliphatic carbocycles. The van der Waals surface area contributed by atoms with Crippen molar-refractivity contribution in [3.8, 4) is 0 Å². The zero-order valence-corrected chi connectivity index (χ0v) is 17.4. The van der Waals surface area contributed by atoms with Gasteiger partial charge in [-0.1, -0.05) is 18.2 Å². The number of fused-ring (bicyclic) bond motifs is 3. The van der Waals surface area contributed by atoms with Gasteiger partial charge in [-0.25, -0.2) is 13.6 Å². The molecule has 3 aliphatic heterocycles. The number of halogens is 2. The maximum absolute atomic E-state index is 15.2. The van der Waals surface area contributed by atoms with E-state index in [0.717, 1.165) is 24.2 Å². The molecule has 2 saturated heterocycles. The molecule has 2 fully saturated rings. The van der Waals surface area contributed by atoms with Gasteiger partial charge in [-0.3, -0.25) is 4.90 Å². The Hall–Kier alpha value is -2.67. The van der Waals surface area contributed by atoms with Gasteiger partial charge in [0.25, 0.3) is 0 Å². The van der Waals surface area contributed by atoms with E-state index < -0.39 is 6.30 Å². The molecular formula is C24H27F2N3O2. The first kappa shape index (κ1) is 20.2. The van der Waals surface area contributed by atoms with E-state index in [-0.39, 0.29) is 23.9 Å². The van der Waals surface area contributed by atoms with Crippen LogP contribution >= 0.6 is 0 Å². The summed E-state index contributed by atoms with van der Waals surface area (Å²) < 4.78 is 33.6. The second kappa shape index (κ2) is 8.46. The highest BCUT2D eigenvalue weighted by atomic mass is 19.1. The number of piperidine rings is 1. The number of nitrogens with zero attached hydrogens (tertiary/aromatic N) is 3. The minimum Gasteiger partial charge on any atom is -0.448 e. The van der Waals surface area contributed by atoms with E-state index in [1.165, 1.54) is 17.7 Å². The number of cyclic esters (lactones) is 1. The van der Waals surface area contributed by atoms with Gasteiger partial charge in [0.15, 0.2) is 6.30 Å². The highest BCUT2D eigenvalue weighted by molar-refractivity contribution is 5.73. The summed E-state index contributed by atoms with van der Waals surface area (Å²) in [4.78, 5) is 17.4. The molecule has 3 heterocycles. The van der Waals surface area contributed by atoms with Crippen molar-refractivity contribution < 1.29 is 18.3 Å². The van der Waals surface area contributed by atoms with Crippen molar-refractivity contribution in [3.63, 3.8) is 0 Å². The van der Waals surface area contributed by atoms with Crippen LogP contribution in [0.5, 0.6) is 0 Å². The van der Waals surface area contributed by atoms with E-state index in [1.807, 2.05) is 17.0 Å². The first-order valence-corrected chi connectivity index (χ1v) is 11.1. The number of para-hydroxylation sites is 1. The van der Waals surface area contributed by atoms with Crippen LogP contribution in [0, 0.1) is 5.82 Å². The standard InChI is InChI=1S/C24H27F2N3O2/c25-17-7-9-18(10-8-17)29-21-6-2-1-5-19(21)20-16-28(23(26)15-22(20)29)12-4-3-11-27-13-14-31-24(27)30/h1-2,5-10,20,22-23H,3-4,11-16H2/t20-,22+,23?/m0/s1. The second-order valence-corrected chi connectivity index (χ2v) is 8.55. The van der Waals surface area contributed by atoms with Crippen LogP contribution in [0.1, 0.15) is 30.7 Å². The van der Waals surface area contributed by atoms with Crippen molar-refractivity contribution in [2.24, 2.45) is 0 Å². The first-order valence-electron chi connectivity index (χ1n) is 11.1. The SMILES string of the molecule is O=C1OCCN1CCCCN1C[C@H]2c3ccccc3N(c3ccc(F)cc3)[C@@H]2CC1F. The van der Waals surface area contributed by atoms with Crippen LogP contribution in [-0.2, 0) is 4.74 Å². The molecule has 2 aromatic carbocycles. The summed E-state index contributed by atoms with van der Waals surface area (Å²) in [6.07, 6.45) is 0.827. The number of hydrogen-bond acceptors (Lipinski definition) is 4. The Morgan fingerprint density at radius 2 is 1.81 bits per heavy atom. The quantitative estimate of drug-likeness (QED) is 0.496. The van der Waals surface area contributed by atoms with Gasteiger partial charge in [-0.15, -0.1) is 0 Å². The molecule has 0 bridgehead atoms. The molecule has 31 heavy (non-hydrogen) atoms. The number of carbonyl (C=O) groups is 1. The van der Waals surface area contributed by atoms with Crippen molar-refractivity contribution in [1.29, 1.82) is 0 Å². The van der Waals surface area contributed by atoms with E-state index >= 15 is 4.39 Å². The van der Waals surface area contributed by atoms with Crippen LogP contribution in [0.4, 0.5) is 25.0 Å². The van der Waals surface area contributed by atoms with Gasteiger partial charge >= 0.3 is 6.09 Å². The zero-order valence-electron chi connectivity index (χ0n) is 17.4. The number of carbonyl (C=O) groups excluding carboxylic acids is 1. The largest absolute Gasteiger partial charge is 0.448 e. The molecular weight excluding hydrogens is 400 g/mol. The number of amides is 1. The molecule has 7 heteroatoms. The number of likely N-dealkylation sites (tertiary alicyclic amines) is 1. The summed E-state index contributed by atoms with van der Waals surface area (Å²) in [5.74, 6) is -0.0602. The highest BCUT2D eigenvalue weighted by Gasteiger charge is 2.45. The van der Waals surface area contributed by atoms with Crippen molar-refractivity contribution >= 4 is 17.5 Å². The Bertz CT molecular complexity index is 939. The average Bonchev–Trinajstić information content (AvgIpc) is 3.32. The fourth-order valence-electron chi connectivity index (χ4n) is 5.20. The number of alkyl halides is 1. The maximum Gasteiger partial charge on any atom is 0.409 e. The normalized spacial score (nSPS) is 25.5. The number of rotatable bonds is 6. The summed E-state index contributed by atoms with van der Waals surface area (Å²) in [5, 5.41) is 0. The molecule has 3 atom stereocenters. The molecule has 5 rings (SSSR count). The fraction of sp³-hybridized carbons (Fsp3) is 0.458. The average molecular weight is 427 g/mol. The topological polar surface area (TPSA) is 36.0 Å². The van der Waals surface area contributed by atoms with Gasteiger partial charge in [0.2, 0.25) is 0 Å². The van der Waals surface area contributed by atoms with Crippen LogP contribution in [0.25, 0.3) is 0 Å². The van der Waals surface area contributed by atoms with Gasteiger partial charge in [-0.05, 0) is 48.7 Å². The van der Waals surface area contributed by atoms with E-state index in [1.54, 1.807) is 17.0 Å². The lowest BCUT2D eigenvalue weighted by Crippen LogP contribution is -2.49. The van der Waals surface area contributed by atoms with E-state index in [4.69, 9.17) is 4.74 Å². The minimum absolute atomic E-state index is 0.0217. The maximum atomic E-state index is 15.2. The Labute approximate surface area is 181 Å². The van der Waals surface area contributed by atoms with Crippen molar-refractivity contribution in [1.82, 2.24) is 9.80 Å². The Kier molecular flexibility index (Phi) is 5.52. The number of unbranched alkanes of at least 4 members (excludes halogenated alkanes) is 1. The smallest absolute Gasteiger partial charge is 0.409 e. The number of hydrogen-bond donors (Lipinski definition) is 0. The second-order valence-electron chi connectivity index (χ2n) is 8.55. The van der Waals surface area contributed by atoms with E-state index in [2.05, 4.69) is 17.0 Å². The van der Waals surface area contributed by atoms with E-state index in [9.17, 15) is 9.18 Å². The summed E-state index contributed by atoms with van der Waals surface area (Å²) in [6, 6.07) is 14.7. The molecule has 2 aromatic rings. The number of anilines is 2. The lowest BCUT2D eigenvalue weighted by molar-refractivity contribution is 0.0292. The van der Waals surface area contributed by atoms with Gasteiger partial charge < -0.3 is 14.5 Å². The van der Waals surface area contributed by atoms with Crippen molar-refractivity contribution in [2.75, 3.05) is 37.7 Å². The molecule has 5 nitrogen and oxygen atoms in total. The molecule has 1 amide bonds. The van der Waals surface area contributed by atoms with Gasteiger partial charge in [0.05, 0.1) is 6.54 Å². The highest BCUT2D eigenvalue weighted by Crippen LogP contribution is 2.49. The number of ether oxygens (including phenoxy) is 1. The Morgan fingerprint density at radius 1 is 1.03 bits per heavy atom. The summed E-state index contributed by atoms with van der Waals surface area (Å²) in [7, 11) is 0. The van der Waals surface area contributed by atoms with Crippen LogP contribution in [0.15, 0.2) is 48.5 Å². The summed E-state index contributed by atoms with van der Waals surface area (Å²) in [5.41, 5.74) is 3.22. The van der Waals surface area contributed by atoms with Crippen LogP contribution in [-0.4, -0.2) is 61.0 Å². The lowest BCUT2D eigenvalue weighted by atomic mass is 9.88. The molecule has 0 saturated carbocycles. The lowest BCUT2D eigenvalue weighted by Gasteiger charge is -2.41. The summed E-state index contributed by atoms with van der Waals surface area (Å²) in [6.45, 7) is 3.10. The molecule has 0 aromatic heterocycles. The predicted molar refractivity (Wildman–Crippen MR) is 115 cm³/mol. The molecule has 1 unspecified atom stereocenters. The Morgan fingerprint density at radius 3 is 2.58 bits per heavy atom. The van der Waals surface area contributed by atoms with Crippen molar-refractivity contribution in [2.45, 2.75) is 37.5 Å². The van der Waals surface area contributed by atoms with E-state index in [0.29, 0.717) is 39.2 Å². The minimum atomic E-state index is -1.02. The predicted octanol–water partition coefficient (Wildman–Crippen LogP) is 4.66. The Balaban J connectivity index is 1.27. The summed E-state index contributed by atoms with van der Waals surface area (Å²) >= 11 is 0. The van der Waals surface area contributed by atoms with Crippen LogP contribution in [0.3, 0.4) is 0 Å². The molecule has 3 aliphatic rings. The van der Waals surface area contributed by atoms with Gasteiger partial charge in [0, 0.05) is 49.4 Å². The van der Waals surface area contributed by atoms with Crippen LogP contribution < -0.4 is 4.90 Å². The van der Waals surface area contributed by atoms with Gasteiger partial charge in [-0.2, -0.15) is 0 Å². The molecule has 0 radical (unpaired) electrons. The number of benzene rings is 2. The molecule has 0 spiro atoms. The first-order chi connectivity index (χ1) is 15.1. The third kappa shape index (κ3) is 3.87. The van der Waals surface area contributed by atoms with Crippen LogP contribution in [0.2, 0.25) is 0 Å². The monoisotopic (exact) mass is 427 g/mol. The van der Waals surface area contributed by atoms with Gasteiger partial charge in [0.1, 0.15) is 12.4 Å². The molecule has 164 valence electrons. The third-order valence-electron chi connectivity index (χ3n) is 6.73. The zero-order chi connectivity index (χ0) is 21.4. The van der Waals surface area contributed by atoms with Crippen molar-refractivity contribution in [3.05, 3.63) is 59.9 Å². The third-order valence-corrected chi connectivity index (χ3v) is 6.73.